The lowest BCUT2D eigenvalue weighted by Crippen LogP contribution is -2.32. The van der Waals surface area contributed by atoms with E-state index in [-0.39, 0.29) is 0 Å². The molecule has 0 saturated carbocycles. The third kappa shape index (κ3) is 4.98. The minimum absolute atomic E-state index is 0.647. The first-order chi connectivity index (χ1) is 18.3. The van der Waals surface area contributed by atoms with Gasteiger partial charge in [0.15, 0.2) is 0 Å². The van der Waals surface area contributed by atoms with E-state index in [1.807, 2.05) is 35.4 Å². The monoisotopic (exact) mass is 485 g/mol. The number of hydrazone groups is 1. The van der Waals surface area contributed by atoms with Crippen molar-refractivity contribution in [1.82, 2.24) is 4.90 Å². The standard InChI is InChI=1S/C33H31N3O/c37-24-29-12-7-13-32-31(29)22-33(28-10-5-2-6-11-28)36(34-32)30-16-14-25(15-17-30)23-35-20-18-27(19-21-35)26-8-3-1-4-9-26/h1-11,13-17,22,24,27H,12,18-21,23H2. The van der Waals surface area contributed by atoms with Crippen molar-refractivity contribution in [3.8, 4) is 0 Å². The number of carbonyl (C=O) groups is 1. The molecule has 0 aromatic heterocycles. The van der Waals surface area contributed by atoms with Gasteiger partial charge in [0.05, 0.1) is 17.1 Å². The van der Waals surface area contributed by atoms with Crippen molar-refractivity contribution < 1.29 is 4.79 Å². The molecule has 0 amide bonds. The van der Waals surface area contributed by atoms with Crippen LogP contribution in [0.4, 0.5) is 5.69 Å². The fourth-order valence-corrected chi connectivity index (χ4v) is 5.55. The van der Waals surface area contributed by atoms with Crippen LogP contribution >= 0.6 is 0 Å². The second-order valence-corrected chi connectivity index (χ2v) is 9.98. The Balaban J connectivity index is 1.20. The molecule has 3 aromatic rings. The summed E-state index contributed by atoms with van der Waals surface area (Å²) in [5, 5.41) is 6.98. The average molecular weight is 486 g/mol. The Kier molecular flexibility index (Phi) is 6.66. The van der Waals surface area contributed by atoms with E-state index >= 15 is 0 Å². The lowest BCUT2D eigenvalue weighted by Gasteiger charge is -2.32. The van der Waals surface area contributed by atoms with Crippen molar-refractivity contribution in [2.75, 3.05) is 18.1 Å². The normalized spacial score (nSPS) is 18.3. The molecule has 2 aliphatic heterocycles. The first kappa shape index (κ1) is 23.4. The van der Waals surface area contributed by atoms with Crippen LogP contribution in [0, 0.1) is 0 Å². The molecule has 3 aromatic carbocycles. The molecular weight excluding hydrogens is 454 g/mol. The Morgan fingerprint density at radius 1 is 0.865 bits per heavy atom. The van der Waals surface area contributed by atoms with Crippen molar-refractivity contribution in [3.63, 3.8) is 0 Å². The fourth-order valence-electron chi connectivity index (χ4n) is 5.55. The van der Waals surface area contributed by atoms with Crippen LogP contribution in [0.3, 0.4) is 0 Å². The molecule has 1 saturated heterocycles. The molecule has 6 rings (SSSR count). The van der Waals surface area contributed by atoms with E-state index in [0.717, 1.165) is 59.7 Å². The van der Waals surface area contributed by atoms with Gasteiger partial charge < -0.3 is 0 Å². The zero-order valence-electron chi connectivity index (χ0n) is 21.0. The van der Waals surface area contributed by atoms with Crippen LogP contribution in [-0.4, -0.2) is 30.0 Å². The lowest BCUT2D eigenvalue weighted by molar-refractivity contribution is -0.105. The number of hydrogen-bond acceptors (Lipinski definition) is 4. The van der Waals surface area contributed by atoms with Gasteiger partial charge in [0.25, 0.3) is 0 Å². The highest BCUT2D eigenvalue weighted by Gasteiger charge is 2.25. The molecule has 2 heterocycles. The molecule has 0 radical (unpaired) electrons. The maximum Gasteiger partial charge on any atom is 0.147 e. The average Bonchev–Trinajstić information content (AvgIpc) is 2.98. The molecule has 1 aliphatic carbocycles. The Hall–Kier alpha value is -4.02. The molecule has 3 aliphatic rings. The number of anilines is 1. The predicted octanol–water partition coefficient (Wildman–Crippen LogP) is 6.74. The summed E-state index contributed by atoms with van der Waals surface area (Å²) in [7, 11) is 0. The first-order valence-corrected chi connectivity index (χ1v) is 13.2. The summed E-state index contributed by atoms with van der Waals surface area (Å²) in [5.74, 6) is 0.675. The predicted molar refractivity (Wildman–Crippen MR) is 151 cm³/mol. The van der Waals surface area contributed by atoms with Crippen LogP contribution in [0.1, 0.15) is 41.9 Å². The topological polar surface area (TPSA) is 35.9 Å². The highest BCUT2D eigenvalue weighted by atomic mass is 16.1. The molecule has 4 nitrogen and oxygen atoms in total. The minimum Gasteiger partial charge on any atom is -0.299 e. The van der Waals surface area contributed by atoms with Gasteiger partial charge in [0.2, 0.25) is 0 Å². The number of fused-ring (bicyclic) bond motifs is 1. The quantitative estimate of drug-likeness (QED) is 0.363. The Morgan fingerprint density at radius 2 is 1.57 bits per heavy atom. The van der Waals surface area contributed by atoms with Gasteiger partial charge in [-0.3, -0.25) is 9.69 Å². The number of likely N-dealkylation sites (tertiary alicyclic amines) is 1. The maximum absolute atomic E-state index is 11.7. The Labute approximate surface area is 218 Å². The van der Waals surface area contributed by atoms with Gasteiger partial charge in [0, 0.05) is 23.3 Å². The Bertz CT molecular complexity index is 1380. The number of nitrogens with zero attached hydrogens (tertiary/aromatic N) is 3. The van der Waals surface area contributed by atoms with Crippen LogP contribution < -0.4 is 5.01 Å². The van der Waals surface area contributed by atoms with E-state index in [1.54, 1.807) is 0 Å². The summed E-state index contributed by atoms with van der Waals surface area (Å²) in [5.41, 5.74) is 8.39. The molecular formula is C33H31N3O. The van der Waals surface area contributed by atoms with Crippen molar-refractivity contribution in [3.05, 3.63) is 131 Å². The molecule has 1 fully saturated rings. The summed E-state index contributed by atoms with van der Waals surface area (Å²) in [6.07, 6.45) is 10.2. The van der Waals surface area contributed by atoms with Gasteiger partial charge in [-0.15, -0.1) is 0 Å². The number of hydrogen-bond donors (Lipinski definition) is 0. The van der Waals surface area contributed by atoms with Gasteiger partial charge in [-0.2, -0.15) is 5.10 Å². The van der Waals surface area contributed by atoms with Crippen LogP contribution in [0.25, 0.3) is 5.70 Å². The Morgan fingerprint density at radius 3 is 2.27 bits per heavy atom. The van der Waals surface area contributed by atoms with Crippen molar-refractivity contribution in [2.45, 2.75) is 31.7 Å². The van der Waals surface area contributed by atoms with Crippen molar-refractivity contribution in [2.24, 2.45) is 5.10 Å². The van der Waals surface area contributed by atoms with Crippen LogP contribution in [0.5, 0.6) is 0 Å². The fraction of sp³-hybridized carbons (Fsp3) is 0.212. The first-order valence-electron chi connectivity index (χ1n) is 13.2. The van der Waals surface area contributed by atoms with Gasteiger partial charge in [-0.1, -0.05) is 78.9 Å². The van der Waals surface area contributed by atoms with Crippen LogP contribution in [0.15, 0.2) is 119 Å². The zero-order chi connectivity index (χ0) is 25.0. The molecule has 184 valence electrons. The summed E-state index contributed by atoms with van der Waals surface area (Å²) < 4.78 is 0. The molecule has 0 spiro atoms. The highest BCUT2D eigenvalue weighted by Crippen LogP contribution is 2.35. The number of piperidine rings is 1. The van der Waals surface area contributed by atoms with Gasteiger partial charge in [0.1, 0.15) is 6.29 Å². The summed E-state index contributed by atoms with van der Waals surface area (Å²) >= 11 is 0. The molecule has 0 unspecified atom stereocenters. The zero-order valence-corrected chi connectivity index (χ0v) is 21.0. The molecule has 0 bridgehead atoms. The third-order valence-electron chi connectivity index (χ3n) is 7.61. The molecule has 0 N–H and O–H groups in total. The van der Waals surface area contributed by atoms with Crippen LogP contribution in [-0.2, 0) is 11.3 Å². The van der Waals surface area contributed by atoms with Crippen molar-refractivity contribution >= 4 is 23.4 Å². The highest BCUT2D eigenvalue weighted by molar-refractivity contribution is 6.17. The van der Waals surface area contributed by atoms with Crippen molar-refractivity contribution in [1.29, 1.82) is 0 Å². The lowest BCUT2D eigenvalue weighted by atomic mass is 9.89. The second-order valence-electron chi connectivity index (χ2n) is 9.98. The van der Waals surface area contributed by atoms with Gasteiger partial charge in [-0.05, 0) is 73.7 Å². The van der Waals surface area contributed by atoms with Gasteiger partial charge in [-0.25, -0.2) is 5.01 Å². The SMILES string of the molecule is O=CC1=C2C=C(c3ccccc3)N(c3ccc(CN4CCC(c5ccccc5)CC4)cc3)N=C2C=CC1. The smallest absolute Gasteiger partial charge is 0.147 e. The van der Waals surface area contributed by atoms with Crippen LogP contribution in [0.2, 0.25) is 0 Å². The minimum atomic E-state index is 0.647. The number of aldehydes is 1. The number of benzene rings is 3. The summed E-state index contributed by atoms with van der Waals surface area (Å²) in [6, 6.07) is 30.0. The van der Waals surface area contributed by atoms with E-state index < -0.39 is 0 Å². The van der Waals surface area contributed by atoms with E-state index in [2.05, 4.69) is 77.7 Å². The van der Waals surface area contributed by atoms with E-state index in [0.29, 0.717) is 12.3 Å². The number of rotatable bonds is 6. The molecule has 0 atom stereocenters. The van der Waals surface area contributed by atoms with Gasteiger partial charge >= 0.3 is 0 Å². The molecule has 37 heavy (non-hydrogen) atoms. The van der Waals surface area contributed by atoms with E-state index in [1.165, 1.54) is 24.0 Å². The third-order valence-corrected chi connectivity index (χ3v) is 7.61. The number of allylic oxidation sites excluding steroid dienone is 5. The largest absolute Gasteiger partial charge is 0.299 e. The maximum atomic E-state index is 11.7. The summed E-state index contributed by atoms with van der Waals surface area (Å²) in [6.45, 7) is 3.22. The number of carbonyl (C=O) groups excluding carboxylic acids is 1. The van der Waals surface area contributed by atoms with E-state index in [9.17, 15) is 4.79 Å². The second kappa shape index (κ2) is 10.5. The molecule has 4 heteroatoms. The summed E-state index contributed by atoms with van der Waals surface area (Å²) in [4.78, 5) is 14.3. The van der Waals surface area contributed by atoms with E-state index in [4.69, 9.17) is 5.10 Å².